The van der Waals surface area contributed by atoms with E-state index in [1.54, 1.807) is 7.11 Å². The topological polar surface area (TPSA) is 44.8 Å². The second-order valence-electron chi connectivity index (χ2n) is 7.72. The number of rotatable bonds is 6. The SMILES string of the molecule is CCN1CCN(C(CNC(=O)C(C)(C)C)c2ccc(OC)cc2)CC1. The molecule has 1 aromatic rings. The molecule has 1 aromatic carbocycles. The number of likely N-dealkylation sites (N-methyl/N-ethyl adjacent to an activating group) is 1. The number of carbonyl (C=O) groups excluding carboxylic acids is 1. The molecule has 25 heavy (non-hydrogen) atoms. The van der Waals surface area contributed by atoms with Crippen molar-refractivity contribution in [1.29, 1.82) is 0 Å². The Bertz CT molecular complexity index is 543. The Kier molecular flexibility index (Phi) is 6.85. The van der Waals surface area contributed by atoms with Gasteiger partial charge in [0.15, 0.2) is 0 Å². The van der Waals surface area contributed by atoms with Gasteiger partial charge in [-0.2, -0.15) is 0 Å². The third-order valence-electron chi connectivity index (χ3n) is 4.93. The van der Waals surface area contributed by atoms with Gasteiger partial charge in [-0.05, 0) is 24.2 Å². The monoisotopic (exact) mass is 347 g/mol. The van der Waals surface area contributed by atoms with Crippen molar-refractivity contribution >= 4 is 5.91 Å². The van der Waals surface area contributed by atoms with Crippen molar-refractivity contribution in [3.8, 4) is 5.75 Å². The first-order chi connectivity index (χ1) is 11.8. The van der Waals surface area contributed by atoms with E-state index in [-0.39, 0.29) is 17.4 Å². The first kappa shape index (κ1) is 19.7. The molecule has 1 fully saturated rings. The minimum atomic E-state index is -0.370. The van der Waals surface area contributed by atoms with Crippen LogP contribution in [-0.4, -0.2) is 62.1 Å². The maximum absolute atomic E-state index is 12.3. The van der Waals surface area contributed by atoms with Crippen molar-refractivity contribution in [3.63, 3.8) is 0 Å². The van der Waals surface area contributed by atoms with Crippen LogP contribution in [0, 0.1) is 5.41 Å². The molecule has 1 aliphatic heterocycles. The third-order valence-corrected chi connectivity index (χ3v) is 4.93. The minimum absolute atomic E-state index is 0.0956. The highest BCUT2D eigenvalue weighted by molar-refractivity contribution is 5.81. The van der Waals surface area contributed by atoms with Crippen molar-refractivity contribution in [1.82, 2.24) is 15.1 Å². The molecule has 5 nitrogen and oxygen atoms in total. The Morgan fingerprint density at radius 3 is 2.24 bits per heavy atom. The van der Waals surface area contributed by atoms with E-state index < -0.39 is 0 Å². The normalized spacial score (nSPS) is 18.0. The molecule has 140 valence electrons. The van der Waals surface area contributed by atoms with Crippen LogP contribution in [0.25, 0.3) is 0 Å². The quantitative estimate of drug-likeness (QED) is 0.859. The average Bonchev–Trinajstić information content (AvgIpc) is 2.62. The van der Waals surface area contributed by atoms with Crippen LogP contribution in [0.1, 0.15) is 39.3 Å². The third kappa shape index (κ3) is 5.44. The molecule has 0 radical (unpaired) electrons. The molecule has 2 rings (SSSR count). The van der Waals surface area contributed by atoms with Gasteiger partial charge in [-0.25, -0.2) is 0 Å². The fourth-order valence-electron chi connectivity index (χ4n) is 3.13. The Balaban J connectivity index is 2.11. The van der Waals surface area contributed by atoms with Crippen LogP contribution in [0.3, 0.4) is 0 Å². The predicted molar refractivity (Wildman–Crippen MR) is 102 cm³/mol. The smallest absolute Gasteiger partial charge is 0.225 e. The van der Waals surface area contributed by atoms with Gasteiger partial charge in [0.25, 0.3) is 0 Å². The molecule has 1 amide bonds. The van der Waals surface area contributed by atoms with E-state index in [2.05, 4.69) is 34.2 Å². The molecule has 5 heteroatoms. The molecular formula is C20H33N3O2. The number of hydrogen-bond donors (Lipinski definition) is 1. The Morgan fingerprint density at radius 1 is 1.16 bits per heavy atom. The molecule has 0 aliphatic carbocycles. The lowest BCUT2D eigenvalue weighted by Crippen LogP contribution is -2.50. The van der Waals surface area contributed by atoms with E-state index in [9.17, 15) is 4.79 Å². The van der Waals surface area contributed by atoms with E-state index in [0.717, 1.165) is 38.5 Å². The van der Waals surface area contributed by atoms with Gasteiger partial charge in [0.1, 0.15) is 5.75 Å². The Labute approximate surface area is 152 Å². The zero-order valence-corrected chi connectivity index (χ0v) is 16.3. The number of nitrogens with one attached hydrogen (secondary N) is 1. The highest BCUT2D eigenvalue weighted by Crippen LogP contribution is 2.24. The fraction of sp³-hybridized carbons (Fsp3) is 0.650. The number of carbonyl (C=O) groups is 1. The molecule has 1 N–H and O–H groups in total. The maximum atomic E-state index is 12.3. The summed E-state index contributed by atoms with van der Waals surface area (Å²) in [6, 6.07) is 8.40. The van der Waals surface area contributed by atoms with Crippen molar-refractivity contribution in [2.24, 2.45) is 5.41 Å². The number of nitrogens with zero attached hydrogens (tertiary/aromatic N) is 2. The summed E-state index contributed by atoms with van der Waals surface area (Å²) < 4.78 is 5.28. The number of benzene rings is 1. The Hall–Kier alpha value is -1.59. The summed E-state index contributed by atoms with van der Waals surface area (Å²) in [5, 5.41) is 3.15. The molecule has 1 saturated heterocycles. The van der Waals surface area contributed by atoms with Gasteiger partial charge in [-0.1, -0.05) is 39.8 Å². The van der Waals surface area contributed by atoms with Gasteiger partial charge in [-0.15, -0.1) is 0 Å². The molecule has 1 atom stereocenters. The lowest BCUT2D eigenvalue weighted by molar-refractivity contribution is -0.128. The van der Waals surface area contributed by atoms with E-state index in [1.165, 1.54) is 5.56 Å². The van der Waals surface area contributed by atoms with E-state index >= 15 is 0 Å². The lowest BCUT2D eigenvalue weighted by Gasteiger charge is -2.39. The summed E-state index contributed by atoms with van der Waals surface area (Å²) in [5.74, 6) is 0.954. The molecule has 1 unspecified atom stereocenters. The number of piperazine rings is 1. The van der Waals surface area contributed by atoms with Crippen molar-refractivity contribution < 1.29 is 9.53 Å². The maximum Gasteiger partial charge on any atom is 0.225 e. The highest BCUT2D eigenvalue weighted by Gasteiger charge is 2.27. The number of ether oxygens (including phenoxy) is 1. The molecule has 0 spiro atoms. The second-order valence-corrected chi connectivity index (χ2v) is 7.72. The van der Waals surface area contributed by atoms with Gasteiger partial charge in [0, 0.05) is 38.1 Å². The summed E-state index contributed by atoms with van der Waals surface area (Å²) in [5.41, 5.74) is 0.853. The number of methoxy groups -OCH3 is 1. The van der Waals surface area contributed by atoms with Gasteiger partial charge >= 0.3 is 0 Å². The summed E-state index contributed by atoms with van der Waals surface area (Å²) in [6.45, 7) is 14.0. The van der Waals surface area contributed by atoms with Crippen molar-refractivity contribution in [3.05, 3.63) is 29.8 Å². The van der Waals surface area contributed by atoms with E-state index in [4.69, 9.17) is 4.74 Å². The zero-order chi connectivity index (χ0) is 18.4. The van der Waals surface area contributed by atoms with Crippen molar-refractivity contribution in [2.75, 3.05) is 46.4 Å². The first-order valence-corrected chi connectivity index (χ1v) is 9.23. The van der Waals surface area contributed by atoms with Gasteiger partial charge < -0.3 is 15.0 Å². The van der Waals surface area contributed by atoms with Gasteiger partial charge in [0.2, 0.25) is 5.91 Å². The molecule has 1 heterocycles. The summed E-state index contributed by atoms with van der Waals surface area (Å²) in [6.07, 6.45) is 0. The molecule has 0 saturated carbocycles. The van der Waals surface area contributed by atoms with Crippen LogP contribution in [0.5, 0.6) is 5.75 Å². The van der Waals surface area contributed by atoms with Crippen molar-refractivity contribution in [2.45, 2.75) is 33.7 Å². The molecule has 0 aromatic heterocycles. The molecular weight excluding hydrogens is 314 g/mol. The van der Waals surface area contributed by atoms with Gasteiger partial charge in [0.05, 0.1) is 13.2 Å². The summed E-state index contributed by atoms with van der Waals surface area (Å²) in [4.78, 5) is 17.3. The second kappa shape index (κ2) is 8.68. The molecule has 1 aliphatic rings. The van der Waals surface area contributed by atoms with Crippen LogP contribution < -0.4 is 10.1 Å². The summed E-state index contributed by atoms with van der Waals surface area (Å²) in [7, 11) is 1.68. The van der Waals surface area contributed by atoms with Crippen LogP contribution in [0.15, 0.2) is 24.3 Å². The van der Waals surface area contributed by atoms with Crippen LogP contribution in [-0.2, 0) is 4.79 Å². The highest BCUT2D eigenvalue weighted by atomic mass is 16.5. The van der Waals surface area contributed by atoms with E-state index in [1.807, 2.05) is 32.9 Å². The Morgan fingerprint density at radius 2 is 1.76 bits per heavy atom. The minimum Gasteiger partial charge on any atom is -0.497 e. The molecule has 0 bridgehead atoms. The largest absolute Gasteiger partial charge is 0.497 e. The predicted octanol–water partition coefficient (Wildman–Crippen LogP) is 2.54. The average molecular weight is 348 g/mol. The van der Waals surface area contributed by atoms with Crippen LogP contribution >= 0.6 is 0 Å². The zero-order valence-electron chi connectivity index (χ0n) is 16.3. The fourth-order valence-corrected chi connectivity index (χ4v) is 3.13. The van der Waals surface area contributed by atoms with Crippen LogP contribution in [0.2, 0.25) is 0 Å². The first-order valence-electron chi connectivity index (χ1n) is 9.23. The van der Waals surface area contributed by atoms with E-state index in [0.29, 0.717) is 6.54 Å². The summed E-state index contributed by atoms with van der Waals surface area (Å²) >= 11 is 0. The standard InChI is InChI=1S/C20H33N3O2/c1-6-22-11-13-23(14-12-22)18(15-21-19(24)20(2,3)4)16-7-9-17(25-5)10-8-16/h7-10,18H,6,11-15H2,1-5H3,(H,21,24). The van der Waals surface area contributed by atoms with Crippen LogP contribution in [0.4, 0.5) is 0 Å². The number of amides is 1. The van der Waals surface area contributed by atoms with Gasteiger partial charge in [-0.3, -0.25) is 9.69 Å². The lowest BCUT2D eigenvalue weighted by atomic mass is 9.95. The number of hydrogen-bond acceptors (Lipinski definition) is 4.